The van der Waals surface area contributed by atoms with Crippen molar-refractivity contribution in [1.29, 1.82) is 0 Å². The minimum atomic E-state index is -5.94. The highest BCUT2D eigenvalue weighted by molar-refractivity contribution is 7.99. The second-order valence-electron chi connectivity index (χ2n) is 6.64. The van der Waals surface area contributed by atoms with E-state index in [0.717, 1.165) is 17.0 Å². The van der Waals surface area contributed by atoms with Crippen molar-refractivity contribution < 1.29 is 39.9 Å². The van der Waals surface area contributed by atoms with E-state index in [1.54, 1.807) is 30.3 Å². The predicted octanol–water partition coefficient (Wildman–Crippen LogP) is 2.86. The Balaban J connectivity index is 2.42. The van der Waals surface area contributed by atoms with Gasteiger partial charge in [0.1, 0.15) is 4.90 Å². The minimum Gasteiger partial charge on any atom is -0.465 e. The molecule has 15 heteroatoms. The van der Waals surface area contributed by atoms with Gasteiger partial charge < -0.3 is 15.7 Å². The van der Waals surface area contributed by atoms with Crippen LogP contribution in [0.3, 0.4) is 0 Å². The van der Waals surface area contributed by atoms with Crippen LogP contribution in [0.1, 0.15) is 6.42 Å². The second-order valence-corrected chi connectivity index (χ2v) is 11.2. The quantitative estimate of drug-likeness (QED) is 0.344. The topological polar surface area (TPSA) is 156 Å². The molecule has 0 aliphatic rings. The largest absolute Gasteiger partial charge is 0.501 e. The standard InChI is InChI=1S/C18H20F3N3O6S3/c19-18(20,21)32(27,28)16-10-14(33(22,29)30)6-7-15(16)24-12(8-9-23-17(25)26)11-31-13-4-2-1-3-5-13/h1-7,10,12,23-24H,8-9,11H2,(H,25,26)(H2,22,29,30)/t12-/m1/s1. The number of rotatable bonds is 10. The summed E-state index contributed by atoms with van der Waals surface area (Å²) in [5, 5.41) is 18.5. The molecular formula is C18H20F3N3O6S3. The predicted molar refractivity (Wildman–Crippen MR) is 116 cm³/mol. The third kappa shape index (κ3) is 7.52. The fraction of sp³-hybridized carbons (Fsp3) is 0.278. The maximum absolute atomic E-state index is 13.2. The summed E-state index contributed by atoms with van der Waals surface area (Å²) in [7, 11) is -10.4. The Hall–Kier alpha value is -2.49. The van der Waals surface area contributed by atoms with Gasteiger partial charge >= 0.3 is 11.6 Å². The minimum absolute atomic E-state index is 0.0705. The number of thioether (sulfide) groups is 1. The Morgan fingerprint density at radius 1 is 1.09 bits per heavy atom. The summed E-state index contributed by atoms with van der Waals surface area (Å²) in [4.78, 5) is 9.45. The van der Waals surface area contributed by atoms with Crippen molar-refractivity contribution in [3.8, 4) is 0 Å². The zero-order valence-electron chi connectivity index (χ0n) is 16.7. The first kappa shape index (κ1) is 26.8. The maximum Gasteiger partial charge on any atom is 0.501 e. The van der Waals surface area contributed by atoms with E-state index < -0.39 is 53.0 Å². The molecule has 33 heavy (non-hydrogen) atoms. The Labute approximate surface area is 192 Å². The summed E-state index contributed by atoms with van der Waals surface area (Å²) in [6.45, 7) is -0.0705. The smallest absolute Gasteiger partial charge is 0.465 e. The van der Waals surface area contributed by atoms with E-state index in [1.165, 1.54) is 11.8 Å². The normalized spacial score (nSPS) is 13.3. The lowest BCUT2D eigenvalue weighted by molar-refractivity contribution is -0.0435. The van der Waals surface area contributed by atoms with Crippen LogP contribution in [0.5, 0.6) is 0 Å². The number of halogens is 3. The number of sulfonamides is 1. The van der Waals surface area contributed by atoms with Gasteiger partial charge in [-0.25, -0.2) is 26.8 Å². The molecule has 1 amide bonds. The van der Waals surface area contributed by atoms with E-state index in [2.05, 4.69) is 10.6 Å². The van der Waals surface area contributed by atoms with Crippen LogP contribution in [0.4, 0.5) is 23.7 Å². The van der Waals surface area contributed by atoms with Crippen molar-refractivity contribution in [2.24, 2.45) is 5.14 Å². The molecule has 0 radical (unpaired) electrons. The Morgan fingerprint density at radius 3 is 2.27 bits per heavy atom. The van der Waals surface area contributed by atoms with Gasteiger partial charge in [-0.1, -0.05) is 18.2 Å². The summed E-state index contributed by atoms with van der Waals surface area (Å²) >= 11 is 1.31. The Morgan fingerprint density at radius 2 is 1.73 bits per heavy atom. The lowest BCUT2D eigenvalue weighted by Gasteiger charge is -2.22. The Bertz CT molecular complexity index is 1190. The van der Waals surface area contributed by atoms with Gasteiger partial charge in [0.25, 0.3) is 9.84 Å². The van der Waals surface area contributed by atoms with Crippen LogP contribution in [-0.4, -0.2) is 51.9 Å². The number of carbonyl (C=O) groups is 1. The van der Waals surface area contributed by atoms with Crippen molar-refractivity contribution in [3.63, 3.8) is 0 Å². The Kier molecular flexibility index (Phi) is 8.62. The number of primary sulfonamides is 1. The number of nitrogens with two attached hydrogens (primary N) is 1. The molecule has 0 saturated heterocycles. The molecule has 1 atom stereocenters. The van der Waals surface area contributed by atoms with E-state index in [-0.39, 0.29) is 18.7 Å². The van der Waals surface area contributed by atoms with Crippen LogP contribution in [0.2, 0.25) is 0 Å². The van der Waals surface area contributed by atoms with Crippen LogP contribution >= 0.6 is 11.8 Å². The molecule has 0 fully saturated rings. The van der Waals surface area contributed by atoms with Crippen molar-refractivity contribution in [2.75, 3.05) is 17.6 Å². The fourth-order valence-corrected chi connectivity index (χ4v) is 5.19. The average Bonchev–Trinajstić information content (AvgIpc) is 2.71. The molecule has 0 aliphatic carbocycles. The molecule has 2 aromatic carbocycles. The molecule has 9 nitrogen and oxygen atoms in total. The molecule has 5 N–H and O–H groups in total. The number of hydrogen-bond donors (Lipinski definition) is 4. The van der Waals surface area contributed by atoms with Crippen molar-refractivity contribution in [1.82, 2.24) is 5.32 Å². The SMILES string of the molecule is NS(=O)(=O)c1ccc(N[C@H](CCNC(=O)O)CSc2ccccc2)c(S(=O)(=O)C(F)(F)F)c1. The van der Waals surface area contributed by atoms with E-state index in [0.29, 0.717) is 6.07 Å². The number of nitrogens with one attached hydrogen (secondary N) is 2. The van der Waals surface area contributed by atoms with Crippen LogP contribution in [-0.2, 0) is 19.9 Å². The first-order chi connectivity index (χ1) is 15.2. The molecule has 0 aliphatic heterocycles. The molecule has 2 aromatic rings. The highest BCUT2D eigenvalue weighted by atomic mass is 32.2. The number of alkyl halides is 3. The van der Waals surface area contributed by atoms with Crippen molar-refractivity contribution in [3.05, 3.63) is 48.5 Å². The van der Waals surface area contributed by atoms with E-state index in [1.807, 2.05) is 0 Å². The first-order valence-electron chi connectivity index (χ1n) is 9.11. The van der Waals surface area contributed by atoms with Gasteiger partial charge in [0, 0.05) is 23.2 Å². The first-order valence-corrected chi connectivity index (χ1v) is 13.1. The van der Waals surface area contributed by atoms with Crippen molar-refractivity contribution >= 4 is 43.4 Å². The summed E-state index contributed by atoms with van der Waals surface area (Å²) in [6.07, 6.45) is -1.21. The number of anilines is 1. The molecule has 2 rings (SSSR count). The number of carboxylic acid groups (broad SMARTS) is 1. The zero-order chi connectivity index (χ0) is 24.9. The monoisotopic (exact) mass is 527 g/mol. The molecule has 0 saturated carbocycles. The molecule has 0 bridgehead atoms. The number of hydrogen-bond acceptors (Lipinski definition) is 7. The molecule has 0 aromatic heterocycles. The second kappa shape index (κ2) is 10.6. The lowest BCUT2D eigenvalue weighted by Crippen LogP contribution is -2.32. The molecule has 182 valence electrons. The third-order valence-corrected chi connectivity index (χ3v) is 7.81. The third-order valence-electron chi connectivity index (χ3n) is 4.20. The zero-order valence-corrected chi connectivity index (χ0v) is 19.2. The van der Waals surface area contributed by atoms with Gasteiger partial charge in [-0.05, 0) is 36.8 Å². The molecule has 0 unspecified atom stereocenters. The lowest BCUT2D eigenvalue weighted by atomic mass is 10.2. The van der Waals surface area contributed by atoms with Gasteiger partial charge in [0.05, 0.1) is 10.6 Å². The van der Waals surface area contributed by atoms with Crippen LogP contribution in [0.25, 0.3) is 0 Å². The van der Waals surface area contributed by atoms with Gasteiger partial charge in [-0.3, -0.25) is 0 Å². The molecule has 0 heterocycles. The van der Waals surface area contributed by atoms with Gasteiger partial charge in [0.2, 0.25) is 10.0 Å². The maximum atomic E-state index is 13.2. The van der Waals surface area contributed by atoms with Crippen LogP contribution in [0, 0.1) is 0 Å². The molecular weight excluding hydrogens is 507 g/mol. The van der Waals surface area contributed by atoms with Gasteiger partial charge in [-0.2, -0.15) is 13.2 Å². The summed E-state index contributed by atoms with van der Waals surface area (Å²) in [6, 6.07) is 10.3. The number of amides is 1. The van der Waals surface area contributed by atoms with Crippen LogP contribution < -0.4 is 15.8 Å². The molecule has 0 spiro atoms. The van der Waals surface area contributed by atoms with Crippen molar-refractivity contribution in [2.45, 2.75) is 32.7 Å². The van der Waals surface area contributed by atoms with Crippen LogP contribution in [0.15, 0.2) is 63.2 Å². The number of sulfone groups is 1. The van der Waals surface area contributed by atoms with E-state index >= 15 is 0 Å². The highest BCUT2D eigenvalue weighted by Gasteiger charge is 2.48. The fourth-order valence-electron chi connectivity index (χ4n) is 2.63. The summed E-state index contributed by atoms with van der Waals surface area (Å²) in [5.41, 5.74) is -6.19. The highest BCUT2D eigenvalue weighted by Crippen LogP contribution is 2.36. The van der Waals surface area contributed by atoms with E-state index in [9.17, 15) is 34.8 Å². The number of benzene rings is 2. The average molecular weight is 528 g/mol. The van der Waals surface area contributed by atoms with Gasteiger partial charge in [0.15, 0.2) is 0 Å². The summed E-state index contributed by atoms with van der Waals surface area (Å²) < 4.78 is 87.1. The van der Waals surface area contributed by atoms with Gasteiger partial charge in [-0.15, -0.1) is 11.8 Å². The van der Waals surface area contributed by atoms with E-state index in [4.69, 9.17) is 10.2 Å². The summed E-state index contributed by atoms with van der Waals surface area (Å²) in [5.74, 6) is 0.230.